The Morgan fingerprint density at radius 2 is 2.06 bits per heavy atom. The van der Waals surface area contributed by atoms with E-state index in [0.29, 0.717) is 18.6 Å². The Hall–Kier alpha value is -1.62. The average Bonchev–Trinajstić information content (AvgIpc) is 2.30. The van der Waals surface area contributed by atoms with E-state index in [2.05, 4.69) is 5.32 Å². The van der Waals surface area contributed by atoms with Crippen molar-refractivity contribution in [2.24, 2.45) is 0 Å². The van der Waals surface area contributed by atoms with Crippen molar-refractivity contribution in [1.82, 2.24) is 5.32 Å². The summed E-state index contributed by atoms with van der Waals surface area (Å²) in [7, 11) is 0. The highest BCUT2D eigenvalue weighted by atomic mass is 19.1. The summed E-state index contributed by atoms with van der Waals surface area (Å²) >= 11 is 0. The number of aliphatic hydroxyl groups is 1. The Bertz CT molecular complexity index is 415. The van der Waals surface area contributed by atoms with E-state index in [-0.39, 0.29) is 23.9 Å². The van der Waals surface area contributed by atoms with Crippen LogP contribution in [0.1, 0.15) is 19.8 Å². The lowest BCUT2D eigenvalue weighted by Gasteiger charge is -2.32. The van der Waals surface area contributed by atoms with Gasteiger partial charge in [-0.1, -0.05) is 0 Å². The molecule has 0 saturated heterocycles. The molecule has 1 amide bonds. The number of benzene rings is 1. The number of hydrogen-bond acceptors (Lipinski definition) is 3. The number of halogens is 1. The molecule has 1 fully saturated rings. The molecular weight excluding hydrogens is 237 g/mol. The van der Waals surface area contributed by atoms with Gasteiger partial charge in [0.1, 0.15) is 11.6 Å². The van der Waals surface area contributed by atoms with Gasteiger partial charge in [-0.3, -0.25) is 4.79 Å². The van der Waals surface area contributed by atoms with Gasteiger partial charge in [-0.2, -0.15) is 0 Å². The van der Waals surface area contributed by atoms with Crippen LogP contribution < -0.4 is 10.1 Å². The molecule has 1 atom stereocenters. The zero-order chi connectivity index (χ0) is 13.1. The van der Waals surface area contributed by atoms with Crippen molar-refractivity contribution >= 4 is 5.91 Å². The standard InChI is InChI=1S/C13H16FNO3/c1-8(13(17)15-10-6-11(16)7-10)18-12-4-2-9(14)3-5-12/h2-5,8,10-11,16H,6-7H2,1H3,(H,15,17). The van der Waals surface area contributed by atoms with Crippen LogP contribution in [0.25, 0.3) is 0 Å². The van der Waals surface area contributed by atoms with Crippen molar-refractivity contribution in [2.75, 3.05) is 0 Å². The van der Waals surface area contributed by atoms with Crippen LogP contribution in [0, 0.1) is 5.82 Å². The maximum absolute atomic E-state index is 12.7. The highest BCUT2D eigenvalue weighted by Crippen LogP contribution is 2.20. The van der Waals surface area contributed by atoms with Gasteiger partial charge in [-0.15, -0.1) is 0 Å². The number of nitrogens with one attached hydrogen (secondary N) is 1. The Kier molecular flexibility index (Phi) is 3.81. The smallest absolute Gasteiger partial charge is 0.260 e. The van der Waals surface area contributed by atoms with Crippen LogP contribution in [-0.4, -0.2) is 29.3 Å². The van der Waals surface area contributed by atoms with Crippen LogP contribution in [0.5, 0.6) is 5.75 Å². The molecule has 0 spiro atoms. The first-order valence-corrected chi connectivity index (χ1v) is 5.95. The van der Waals surface area contributed by atoms with Gasteiger partial charge < -0.3 is 15.2 Å². The second kappa shape index (κ2) is 5.35. The summed E-state index contributed by atoms with van der Waals surface area (Å²) in [5.41, 5.74) is 0. The van der Waals surface area contributed by atoms with Gasteiger partial charge in [-0.25, -0.2) is 4.39 Å². The van der Waals surface area contributed by atoms with Crippen molar-refractivity contribution in [2.45, 2.75) is 38.0 Å². The quantitative estimate of drug-likeness (QED) is 0.848. The highest BCUT2D eigenvalue weighted by molar-refractivity contribution is 5.81. The Morgan fingerprint density at radius 1 is 1.44 bits per heavy atom. The molecule has 1 aliphatic carbocycles. The molecule has 0 aliphatic heterocycles. The van der Waals surface area contributed by atoms with E-state index in [9.17, 15) is 9.18 Å². The fraction of sp³-hybridized carbons (Fsp3) is 0.462. The van der Waals surface area contributed by atoms with Gasteiger partial charge in [0.15, 0.2) is 6.10 Å². The Labute approximate surface area is 105 Å². The van der Waals surface area contributed by atoms with Crippen LogP contribution in [0.3, 0.4) is 0 Å². The maximum atomic E-state index is 12.7. The summed E-state index contributed by atoms with van der Waals surface area (Å²) in [5, 5.41) is 11.9. The van der Waals surface area contributed by atoms with Gasteiger partial charge in [-0.05, 0) is 44.0 Å². The van der Waals surface area contributed by atoms with Crippen LogP contribution >= 0.6 is 0 Å². The van der Waals surface area contributed by atoms with Crippen LogP contribution in [0.4, 0.5) is 4.39 Å². The summed E-state index contributed by atoms with van der Waals surface area (Å²) in [6.45, 7) is 1.63. The first kappa shape index (κ1) is 12.8. The third kappa shape index (κ3) is 3.20. The monoisotopic (exact) mass is 253 g/mol. The molecule has 0 bridgehead atoms. The van der Waals surface area contributed by atoms with E-state index in [0.717, 1.165) is 0 Å². The molecule has 1 aromatic carbocycles. The number of ether oxygens (including phenoxy) is 1. The van der Waals surface area contributed by atoms with Gasteiger partial charge in [0.2, 0.25) is 0 Å². The number of carbonyl (C=O) groups is 1. The summed E-state index contributed by atoms with van der Waals surface area (Å²) in [5.74, 6) is -0.119. The summed E-state index contributed by atoms with van der Waals surface area (Å²) in [6.07, 6.45) is 0.237. The summed E-state index contributed by atoms with van der Waals surface area (Å²) < 4.78 is 18.1. The van der Waals surface area contributed by atoms with Crippen molar-refractivity contribution < 1.29 is 19.0 Å². The molecule has 1 saturated carbocycles. The number of hydrogen-bond donors (Lipinski definition) is 2. The Balaban J connectivity index is 1.81. The Morgan fingerprint density at radius 3 is 2.61 bits per heavy atom. The van der Waals surface area contributed by atoms with Gasteiger partial charge in [0.05, 0.1) is 6.10 Å². The third-order valence-electron chi connectivity index (χ3n) is 2.96. The number of carbonyl (C=O) groups excluding carboxylic acids is 1. The lowest BCUT2D eigenvalue weighted by molar-refractivity contribution is -0.129. The minimum Gasteiger partial charge on any atom is -0.481 e. The molecule has 4 nitrogen and oxygen atoms in total. The first-order valence-electron chi connectivity index (χ1n) is 5.95. The molecule has 98 valence electrons. The van der Waals surface area contributed by atoms with Gasteiger partial charge in [0, 0.05) is 6.04 Å². The topological polar surface area (TPSA) is 58.6 Å². The number of rotatable bonds is 4. The van der Waals surface area contributed by atoms with E-state index >= 15 is 0 Å². The van der Waals surface area contributed by atoms with E-state index in [4.69, 9.17) is 9.84 Å². The zero-order valence-electron chi connectivity index (χ0n) is 10.1. The van der Waals surface area contributed by atoms with Crippen LogP contribution in [-0.2, 0) is 4.79 Å². The molecular formula is C13H16FNO3. The highest BCUT2D eigenvalue weighted by Gasteiger charge is 2.29. The summed E-state index contributed by atoms with van der Waals surface area (Å²) in [6, 6.07) is 5.55. The minimum atomic E-state index is -0.645. The predicted octanol–water partition coefficient (Wildman–Crippen LogP) is 1.23. The fourth-order valence-electron chi connectivity index (χ4n) is 1.80. The molecule has 1 aromatic rings. The van der Waals surface area contributed by atoms with E-state index in [1.165, 1.54) is 24.3 Å². The van der Waals surface area contributed by atoms with E-state index in [1.54, 1.807) is 6.92 Å². The normalized spacial score (nSPS) is 23.9. The second-order valence-electron chi connectivity index (χ2n) is 4.54. The lowest BCUT2D eigenvalue weighted by Crippen LogP contribution is -2.50. The van der Waals surface area contributed by atoms with Crippen molar-refractivity contribution in [3.8, 4) is 5.75 Å². The SMILES string of the molecule is CC(Oc1ccc(F)cc1)C(=O)NC1CC(O)C1. The molecule has 5 heteroatoms. The average molecular weight is 253 g/mol. The minimum absolute atomic E-state index is 0.0340. The molecule has 0 heterocycles. The molecule has 18 heavy (non-hydrogen) atoms. The molecule has 1 aliphatic rings. The molecule has 2 N–H and O–H groups in total. The molecule has 2 rings (SSSR count). The van der Waals surface area contributed by atoms with E-state index in [1.807, 2.05) is 0 Å². The predicted molar refractivity (Wildman–Crippen MR) is 63.7 cm³/mol. The van der Waals surface area contributed by atoms with Crippen LogP contribution in [0.15, 0.2) is 24.3 Å². The third-order valence-corrected chi connectivity index (χ3v) is 2.96. The summed E-state index contributed by atoms with van der Waals surface area (Å²) in [4.78, 5) is 11.7. The van der Waals surface area contributed by atoms with Crippen LogP contribution in [0.2, 0.25) is 0 Å². The fourth-order valence-corrected chi connectivity index (χ4v) is 1.80. The number of amides is 1. The first-order chi connectivity index (χ1) is 8.54. The maximum Gasteiger partial charge on any atom is 0.260 e. The lowest BCUT2D eigenvalue weighted by atomic mass is 9.89. The van der Waals surface area contributed by atoms with E-state index < -0.39 is 6.10 Å². The molecule has 0 aromatic heterocycles. The van der Waals surface area contributed by atoms with Gasteiger partial charge in [0.25, 0.3) is 5.91 Å². The van der Waals surface area contributed by atoms with Crippen molar-refractivity contribution in [3.05, 3.63) is 30.1 Å². The van der Waals surface area contributed by atoms with Crippen molar-refractivity contribution in [3.63, 3.8) is 0 Å². The number of aliphatic hydroxyl groups excluding tert-OH is 1. The molecule has 0 radical (unpaired) electrons. The largest absolute Gasteiger partial charge is 0.481 e. The van der Waals surface area contributed by atoms with Gasteiger partial charge >= 0.3 is 0 Å². The molecule has 1 unspecified atom stereocenters. The second-order valence-corrected chi connectivity index (χ2v) is 4.54. The zero-order valence-corrected chi connectivity index (χ0v) is 10.1. The van der Waals surface area contributed by atoms with Crippen molar-refractivity contribution in [1.29, 1.82) is 0 Å².